The highest BCUT2D eigenvalue weighted by atomic mass is 32.2. The molecule has 1 aliphatic carbocycles. The Morgan fingerprint density at radius 3 is 2.62 bits per heavy atom. The summed E-state index contributed by atoms with van der Waals surface area (Å²) in [5, 5.41) is 17.3. The van der Waals surface area contributed by atoms with Gasteiger partial charge in [-0.1, -0.05) is 19.8 Å². The lowest BCUT2D eigenvalue weighted by Crippen LogP contribution is -2.47. The predicted octanol–water partition coefficient (Wildman–Crippen LogP) is 0.511. The van der Waals surface area contributed by atoms with Crippen molar-refractivity contribution in [1.82, 2.24) is 4.72 Å². The van der Waals surface area contributed by atoms with E-state index in [1.807, 2.05) is 0 Å². The average molecular weight is 246 g/mol. The largest absolute Gasteiger partial charge is 0.391 e. The van der Waals surface area contributed by atoms with Crippen molar-refractivity contribution in [2.45, 2.75) is 56.4 Å². The molecule has 1 saturated carbocycles. The second kappa shape index (κ2) is 5.62. The zero-order valence-corrected chi connectivity index (χ0v) is 10.2. The SMILES string of the molecule is CCC(C#N)S(=O)(=O)N[C@H]1CCCC[C@@H]1O. The monoisotopic (exact) mass is 246 g/mol. The van der Waals surface area contributed by atoms with Crippen LogP contribution in [0, 0.1) is 11.3 Å². The minimum atomic E-state index is -3.63. The van der Waals surface area contributed by atoms with Gasteiger partial charge in [-0.05, 0) is 19.3 Å². The second-order valence-corrected chi connectivity index (χ2v) is 6.04. The molecule has 0 bridgehead atoms. The number of nitrogens with zero attached hydrogens (tertiary/aromatic N) is 1. The van der Waals surface area contributed by atoms with Gasteiger partial charge < -0.3 is 5.11 Å². The quantitative estimate of drug-likeness (QED) is 0.756. The van der Waals surface area contributed by atoms with Gasteiger partial charge in [0.05, 0.1) is 12.2 Å². The summed E-state index contributed by atoms with van der Waals surface area (Å²) in [7, 11) is -3.63. The molecule has 6 heteroatoms. The predicted molar refractivity (Wildman–Crippen MR) is 60.0 cm³/mol. The van der Waals surface area contributed by atoms with Gasteiger partial charge in [0.2, 0.25) is 10.0 Å². The Morgan fingerprint density at radius 2 is 2.12 bits per heavy atom. The fraction of sp³-hybridized carbons (Fsp3) is 0.900. The first-order chi connectivity index (χ1) is 7.51. The number of nitrogens with one attached hydrogen (secondary N) is 1. The molecule has 5 nitrogen and oxygen atoms in total. The first-order valence-electron chi connectivity index (χ1n) is 5.60. The van der Waals surface area contributed by atoms with E-state index in [0.717, 1.165) is 12.8 Å². The number of aliphatic hydroxyl groups is 1. The van der Waals surface area contributed by atoms with Crippen LogP contribution in [0.25, 0.3) is 0 Å². The van der Waals surface area contributed by atoms with E-state index >= 15 is 0 Å². The smallest absolute Gasteiger partial charge is 0.228 e. The highest BCUT2D eigenvalue weighted by Gasteiger charge is 2.31. The maximum atomic E-state index is 11.8. The lowest BCUT2D eigenvalue weighted by Gasteiger charge is -2.28. The van der Waals surface area contributed by atoms with Crippen LogP contribution in [-0.2, 0) is 10.0 Å². The Balaban J connectivity index is 2.68. The minimum absolute atomic E-state index is 0.259. The molecule has 3 atom stereocenters. The van der Waals surface area contributed by atoms with Gasteiger partial charge in [-0.2, -0.15) is 5.26 Å². The van der Waals surface area contributed by atoms with Crippen LogP contribution in [0.15, 0.2) is 0 Å². The van der Waals surface area contributed by atoms with Crippen molar-refractivity contribution in [3.05, 3.63) is 0 Å². The maximum Gasteiger partial charge on any atom is 0.228 e. The normalized spacial score (nSPS) is 28.3. The molecule has 92 valence electrons. The third kappa shape index (κ3) is 3.17. The van der Waals surface area contributed by atoms with Gasteiger partial charge in [0, 0.05) is 6.04 Å². The molecular weight excluding hydrogens is 228 g/mol. The van der Waals surface area contributed by atoms with E-state index in [-0.39, 0.29) is 6.42 Å². The molecular formula is C10H18N2O3S. The number of rotatable bonds is 4. The standard InChI is InChI=1S/C10H18N2O3S/c1-2-8(7-11)16(14,15)12-9-5-3-4-6-10(9)13/h8-10,12-13H,2-6H2,1H3/t8?,9-,10-/m0/s1. The minimum Gasteiger partial charge on any atom is -0.391 e. The van der Waals surface area contributed by atoms with Gasteiger partial charge in [-0.25, -0.2) is 13.1 Å². The molecule has 1 rings (SSSR count). The highest BCUT2D eigenvalue weighted by Crippen LogP contribution is 2.19. The summed E-state index contributed by atoms with van der Waals surface area (Å²) in [6.45, 7) is 1.66. The van der Waals surface area contributed by atoms with Crippen molar-refractivity contribution in [2.24, 2.45) is 0 Å². The van der Waals surface area contributed by atoms with Crippen LogP contribution >= 0.6 is 0 Å². The van der Waals surface area contributed by atoms with Crippen molar-refractivity contribution >= 4 is 10.0 Å². The Hall–Kier alpha value is -0.640. The van der Waals surface area contributed by atoms with Crippen LogP contribution in [-0.4, -0.2) is 30.9 Å². The summed E-state index contributed by atoms with van der Waals surface area (Å²) in [5.74, 6) is 0. The van der Waals surface area contributed by atoms with E-state index in [9.17, 15) is 13.5 Å². The Bertz CT molecular complexity index is 361. The number of sulfonamides is 1. The van der Waals surface area contributed by atoms with E-state index in [1.165, 1.54) is 0 Å². The lowest BCUT2D eigenvalue weighted by atomic mass is 9.93. The van der Waals surface area contributed by atoms with E-state index < -0.39 is 27.4 Å². The molecule has 0 heterocycles. The summed E-state index contributed by atoms with van der Waals surface area (Å²) in [5.41, 5.74) is 0. The molecule has 1 unspecified atom stereocenters. The van der Waals surface area contributed by atoms with Crippen LogP contribution in [0.3, 0.4) is 0 Å². The van der Waals surface area contributed by atoms with Crippen molar-refractivity contribution < 1.29 is 13.5 Å². The zero-order chi connectivity index (χ0) is 12.2. The zero-order valence-electron chi connectivity index (χ0n) is 9.39. The van der Waals surface area contributed by atoms with Crippen molar-refractivity contribution in [3.8, 4) is 6.07 Å². The first-order valence-corrected chi connectivity index (χ1v) is 7.14. The van der Waals surface area contributed by atoms with Crippen molar-refractivity contribution in [3.63, 3.8) is 0 Å². The molecule has 0 saturated heterocycles. The van der Waals surface area contributed by atoms with Crippen molar-refractivity contribution in [1.29, 1.82) is 5.26 Å². The van der Waals surface area contributed by atoms with Crippen LogP contribution in [0.5, 0.6) is 0 Å². The van der Waals surface area contributed by atoms with Gasteiger partial charge in [0.25, 0.3) is 0 Å². The van der Waals surface area contributed by atoms with Crippen molar-refractivity contribution in [2.75, 3.05) is 0 Å². The molecule has 0 aliphatic heterocycles. The van der Waals surface area contributed by atoms with Gasteiger partial charge in [0.1, 0.15) is 0 Å². The Morgan fingerprint density at radius 1 is 1.50 bits per heavy atom. The number of nitriles is 1. The van der Waals surface area contributed by atoms with E-state index in [2.05, 4.69) is 4.72 Å². The molecule has 0 radical (unpaired) electrons. The molecule has 0 amide bonds. The van der Waals surface area contributed by atoms with Crippen LogP contribution < -0.4 is 4.72 Å². The van der Waals surface area contributed by atoms with E-state index in [0.29, 0.717) is 12.8 Å². The van der Waals surface area contributed by atoms with Gasteiger partial charge >= 0.3 is 0 Å². The van der Waals surface area contributed by atoms with E-state index in [1.54, 1.807) is 13.0 Å². The van der Waals surface area contributed by atoms with Crippen LogP contribution in [0.4, 0.5) is 0 Å². The summed E-state index contributed by atoms with van der Waals surface area (Å²) in [6.07, 6.45) is 2.73. The van der Waals surface area contributed by atoms with Crippen LogP contribution in [0.2, 0.25) is 0 Å². The summed E-state index contributed by atoms with van der Waals surface area (Å²) in [4.78, 5) is 0. The molecule has 1 fully saturated rings. The van der Waals surface area contributed by atoms with Crippen LogP contribution in [0.1, 0.15) is 39.0 Å². The topological polar surface area (TPSA) is 90.2 Å². The van der Waals surface area contributed by atoms with Gasteiger partial charge in [-0.3, -0.25) is 0 Å². The maximum absolute atomic E-state index is 11.8. The molecule has 0 aromatic rings. The summed E-state index contributed by atoms with van der Waals surface area (Å²) >= 11 is 0. The fourth-order valence-corrected chi connectivity index (χ4v) is 3.36. The third-order valence-corrected chi connectivity index (χ3v) is 4.75. The molecule has 0 aromatic heterocycles. The van der Waals surface area contributed by atoms with E-state index in [4.69, 9.17) is 5.26 Å². The molecule has 0 spiro atoms. The van der Waals surface area contributed by atoms with Gasteiger partial charge in [0.15, 0.2) is 5.25 Å². The Kier molecular flexibility index (Phi) is 4.71. The molecule has 2 N–H and O–H groups in total. The number of hydrogen-bond acceptors (Lipinski definition) is 4. The Labute approximate surface area is 96.5 Å². The lowest BCUT2D eigenvalue weighted by molar-refractivity contribution is 0.101. The number of hydrogen-bond donors (Lipinski definition) is 2. The number of aliphatic hydroxyl groups excluding tert-OH is 1. The molecule has 1 aliphatic rings. The third-order valence-electron chi connectivity index (χ3n) is 2.93. The summed E-state index contributed by atoms with van der Waals surface area (Å²) in [6, 6.07) is 1.33. The highest BCUT2D eigenvalue weighted by molar-refractivity contribution is 7.90. The molecule has 16 heavy (non-hydrogen) atoms. The van der Waals surface area contributed by atoms with Gasteiger partial charge in [-0.15, -0.1) is 0 Å². The first kappa shape index (κ1) is 13.4. The molecule has 0 aromatic carbocycles. The second-order valence-electron chi connectivity index (χ2n) is 4.15. The average Bonchev–Trinajstić information content (AvgIpc) is 2.22. The summed E-state index contributed by atoms with van der Waals surface area (Å²) < 4.78 is 26.0. The fourth-order valence-electron chi connectivity index (χ4n) is 1.92.